The van der Waals surface area contributed by atoms with Gasteiger partial charge in [0.15, 0.2) is 0 Å². The van der Waals surface area contributed by atoms with Crippen LogP contribution in [0.25, 0.3) is 0 Å². The first-order valence-electron chi connectivity index (χ1n) is 20.1. The summed E-state index contributed by atoms with van der Waals surface area (Å²) >= 11 is 1.72. The molecule has 0 unspecified atom stereocenters. The third-order valence-corrected chi connectivity index (χ3v) is 9.64. The largest absolute Gasteiger partial charge is 0.466 e. The number of amides is 1. The third kappa shape index (κ3) is 34.4. The van der Waals surface area contributed by atoms with E-state index in [1.54, 1.807) is 11.8 Å². The van der Waals surface area contributed by atoms with Crippen molar-refractivity contribution in [3.8, 4) is 0 Å². The third-order valence-electron chi connectivity index (χ3n) is 8.72. The van der Waals surface area contributed by atoms with Gasteiger partial charge in [-0.25, -0.2) is 0 Å². The van der Waals surface area contributed by atoms with E-state index in [4.69, 9.17) is 9.47 Å². The van der Waals surface area contributed by atoms with Gasteiger partial charge >= 0.3 is 11.9 Å². The average molecular weight is 709 g/mol. The molecule has 0 N–H and O–H groups in total. The van der Waals surface area contributed by atoms with Crippen LogP contribution < -0.4 is 0 Å². The number of carbonyl (C=O) groups is 3. The predicted molar refractivity (Wildman–Crippen MR) is 210 cm³/mol. The quantitative estimate of drug-likeness (QED) is 0.0364. The summed E-state index contributed by atoms with van der Waals surface area (Å²) < 4.78 is 10.8. The van der Waals surface area contributed by atoms with Gasteiger partial charge in [-0.15, -0.1) is 0 Å². The Labute approximate surface area is 306 Å². The molecule has 1 amide bonds. The molecule has 0 saturated carbocycles. The number of thioether (sulfide) groups is 1. The number of allylic oxidation sites excluding steroid dienone is 4. The Hall–Kier alpha value is -1.80. The van der Waals surface area contributed by atoms with Gasteiger partial charge in [0.05, 0.1) is 19.0 Å². The van der Waals surface area contributed by atoms with Crippen LogP contribution in [-0.4, -0.2) is 85.6 Å². The molecule has 8 heteroatoms. The van der Waals surface area contributed by atoms with Crippen LogP contribution in [0, 0.1) is 0 Å². The second-order valence-electron chi connectivity index (χ2n) is 13.3. The van der Waals surface area contributed by atoms with E-state index < -0.39 is 0 Å². The number of rotatable bonds is 36. The number of esters is 2. The van der Waals surface area contributed by atoms with Gasteiger partial charge in [0.1, 0.15) is 0 Å². The van der Waals surface area contributed by atoms with Crippen molar-refractivity contribution >= 4 is 29.6 Å². The SMILES string of the molecule is CCCCCC/C=C\CCC(=O)OCCCCCCN(CCCCCCOC(=O)CC/C=C\CCCCCC)C(=O)CSCCN(C)CC. The van der Waals surface area contributed by atoms with Crippen molar-refractivity contribution < 1.29 is 23.9 Å². The first kappa shape index (κ1) is 47.2. The van der Waals surface area contributed by atoms with E-state index in [0.717, 1.165) is 109 Å². The van der Waals surface area contributed by atoms with Gasteiger partial charge < -0.3 is 19.3 Å². The van der Waals surface area contributed by atoms with Gasteiger partial charge in [-0.1, -0.05) is 96.4 Å². The van der Waals surface area contributed by atoms with Gasteiger partial charge in [-0.3, -0.25) is 14.4 Å². The van der Waals surface area contributed by atoms with Crippen molar-refractivity contribution in [1.82, 2.24) is 9.80 Å². The highest BCUT2D eigenvalue weighted by Gasteiger charge is 2.13. The molecule has 7 nitrogen and oxygen atoms in total. The first-order chi connectivity index (χ1) is 23.9. The zero-order valence-electron chi connectivity index (χ0n) is 32.4. The summed E-state index contributed by atoms with van der Waals surface area (Å²) in [5.41, 5.74) is 0. The zero-order chi connectivity index (χ0) is 36.0. The van der Waals surface area contributed by atoms with Crippen LogP contribution in [-0.2, 0) is 23.9 Å². The van der Waals surface area contributed by atoms with Crippen molar-refractivity contribution in [2.45, 2.75) is 162 Å². The molecule has 0 radical (unpaired) electrons. The molecule has 0 aromatic rings. The zero-order valence-corrected chi connectivity index (χ0v) is 33.2. The van der Waals surface area contributed by atoms with E-state index in [1.807, 2.05) is 4.90 Å². The highest BCUT2D eigenvalue weighted by atomic mass is 32.2. The lowest BCUT2D eigenvalue weighted by molar-refractivity contribution is -0.144. The molecule has 0 aromatic heterocycles. The fourth-order valence-electron chi connectivity index (χ4n) is 5.28. The van der Waals surface area contributed by atoms with E-state index in [2.05, 4.69) is 57.0 Å². The van der Waals surface area contributed by atoms with Crippen LogP contribution in [0.2, 0.25) is 0 Å². The highest BCUT2D eigenvalue weighted by Crippen LogP contribution is 2.11. The van der Waals surface area contributed by atoms with E-state index in [0.29, 0.717) is 31.8 Å². The number of hydrogen-bond donors (Lipinski definition) is 0. The number of unbranched alkanes of at least 4 members (excludes halogenated alkanes) is 14. The van der Waals surface area contributed by atoms with Crippen molar-refractivity contribution in [3.05, 3.63) is 24.3 Å². The Bertz CT molecular complexity index is 783. The van der Waals surface area contributed by atoms with Gasteiger partial charge in [-0.05, 0) is 90.6 Å². The summed E-state index contributed by atoms with van der Waals surface area (Å²) in [6, 6.07) is 0. The molecule has 0 aliphatic heterocycles. The van der Waals surface area contributed by atoms with E-state index in [-0.39, 0.29) is 17.8 Å². The molecule has 0 heterocycles. The van der Waals surface area contributed by atoms with Crippen LogP contribution >= 0.6 is 11.8 Å². The molecule has 49 heavy (non-hydrogen) atoms. The van der Waals surface area contributed by atoms with Crippen LogP contribution in [0.1, 0.15) is 162 Å². The maximum absolute atomic E-state index is 13.1. The Morgan fingerprint density at radius 2 is 1.00 bits per heavy atom. The molecular weight excluding hydrogens is 633 g/mol. The molecule has 0 bridgehead atoms. The Morgan fingerprint density at radius 1 is 0.551 bits per heavy atom. The Morgan fingerprint density at radius 3 is 1.47 bits per heavy atom. The van der Waals surface area contributed by atoms with Crippen molar-refractivity contribution in [1.29, 1.82) is 0 Å². The van der Waals surface area contributed by atoms with Gasteiger partial charge in [0.2, 0.25) is 5.91 Å². The first-order valence-corrected chi connectivity index (χ1v) is 21.2. The molecular formula is C41H76N2O5S. The van der Waals surface area contributed by atoms with Crippen LogP contribution in [0.3, 0.4) is 0 Å². The maximum atomic E-state index is 13.1. The van der Waals surface area contributed by atoms with Gasteiger partial charge in [0.25, 0.3) is 0 Å². The van der Waals surface area contributed by atoms with Crippen LogP contribution in [0.15, 0.2) is 24.3 Å². The van der Waals surface area contributed by atoms with Crippen molar-refractivity contribution in [3.63, 3.8) is 0 Å². The predicted octanol–water partition coefficient (Wildman–Crippen LogP) is 10.3. The topological polar surface area (TPSA) is 76.1 Å². The Kier molecular flexibility index (Phi) is 36.1. The van der Waals surface area contributed by atoms with E-state index in [9.17, 15) is 14.4 Å². The van der Waals surface area contributed by atoms with Crippen LogP contribution in [0.4, 0.5) is 0 Å². The molecule has 0 aliphatic carbocycles. The lowest BCUT2D eigenvalue weighted by atomic mass is 10.1. The summed E-state index contributed by atoms with van der Waals surface area (Å²) in [5.74, 6) is 1.52. The smallest absolute Gasteiger partial charge is 0.306 e. The maximum Gasteiger partial charge on any atom is 0.306 e. The fourth-order valence-corrected chi connectivity index (χ4v) is 6.22. The summed E-state index contributed by atoms with van der Waals surface area (Å²) in [6.07, 6.45) is 31.1. The lowest BCUT2D eigenvalue weighted by Gasteiger charge is -2.23. The minimum absolute atomic E-state index is 0.107. The molecule has 0 fully saturated rings. The minimum atomic E-state index is -0.107. The summed E-state index contributed by atoms with van der Waals surface area (Å²) in [7, 11) is 2.11. The molecule has 286 valence electrons. The molecule has 0 spiro atoms. The van der Waals surface area contributed by atoms with Crippen molar-refractivity contribution in [2.75, 3.05) is 57.9 Å². The molecule has 0 saturated heterocycles. The fraction of sp³-hybridized carbons (Fsp3) is 0.829. The van der Waals surface area contributed by atoms with Crippen molar-refractivity contribution in [2.24, 2.45) is 0 Å². The highest BCUT2D eigenvalue weighted by molar-refractivity contribution is 7.99. The van der Waals surface area contributed by atoms with Gasteiger partial charge in [-0.2, -0.15) is 11.8 Å². The normalized spacial score (nSPS) is 11.6. The molecule has 0 rings (SSSR count). The van der Waals surface area contributed by atoms with E-state index >= 15 is 0 Å². The number of nitrogens with zero attached hydrogens (tertiary/aromatic N) is 2. The Balaban J connectivity index is 4.18. The monoisotopic (exact) mass is 709 g/mol. The summed E-state index contributed by atoms with van der Waals surface area (Å²) in [5, 5.41) is 0. The summed E-state index contributed by atoms with van der Waals surface area (Å²) in [6.45, 7) is 11.1. The second-order valence-corrected chi connectivity index (χ2v) is 14.4. The average Bonchev–Trinajstić information content (AvgIpc) is 3.10. The molecule has 0 aliphatic rings. The molecule has 0 atom stereocenters. The van der Waals surface area contributed by atoms with Gasteiger partial charge in [0, 0.05) is 38.2 Å². The minimum Gasteiger partial charge on any atom is -0.466 e. The standard InChI is InChI=1S/C41H76N2O5S/c1-5-8-10-12-14-16-18-24-30-40(45)47-35-28-22-20-26-32-43(39(44)38-49-37-34-42(4)7-3)33-27-21-23-29-36-48-41(46)31-25-19-17-15-13-11-9-6-2/h16-19H,5-15,20-38H2,1-4H3/b18-16-,19-17-. The van der Waals surface area contributed by atoms with Crippen LogP contribution in [0.5, 0.6) is 0 Å². The summed E-state index contributed by atoms with van der Waals surface area (Å²) in [4.78, 5) is 41.4. The van der Waals surface area contributed by atoms with E-state index in [1.165, 1.54) is 51.4 Å². The lowest BCUT2D eigenvalue weighted by Crippen LogP contribution is -2.34. The number of ether oxygens (including phenoxy) is 2. The second kappa shape index (κ2) is 37.5. The number of hydrogen-bond acceptors (Lipinski definition) is 7. The number of carbonyl (C=O) groups excluding carboxylic acids is 3. The molecule has 0 aromatic carbocycles.